The van der Waals surface area contributed by atoms with Gasteiger partial charge in [-0.2, -0.15) is 0 Å². The van der Waals surface area contributed by atoms with Gasteiger partial charge in [-0.15, -0.1) is 0 Å². The summed E-state index contributed by atoms with van der Waals surface area (Å²) in [5.41, 5.74) is 7.14. The third-order valence-electron chi connectivity index (χ3n) is 4.73. The molecular formula is C23H21N3O4S. The summed E-state index contributed by atoms with van der Waals surface area (Å²) >= 11 is 0. The number of para-hydroxylation sites is 1. The maximum absolute atomic E-state index is 13.0. The molecular weight excluding hydrogens is 414 g/mol. The van der Waals surface area contributed by atoms with Gasteiger partial charge in [0.15, 0.2) is 5.75 Å². The van der Waals surface area contributed by atoms with Crippen LogP contribution in [-0.4, -0.2) is 20.5 Å². The number of benzene rings is 3. The van der Waals surface area contributed by atoms with Gasteiger partial charge in [0.2, 0.25) is 0 Å². The van der Waals surface area contributed by atoms with Crippen molar-refractivity contribution in [2.24, 2.45) is 0 Å². The highest BCUT2D eigenvalue weighted by Crippen LogP contribution is 2.35. The van der Waals surface area contributed by atoms with Gasteiger partial charge in [-0.1, -0.05) is 18.2 Å². The maximum atomic E-state index is 13.0. The third kappa shape index (κ3) is 4.24. The highest BCUT2D eigenvalue weighted by molar-refractivity contribution is 7.92. The number of pyridine rings is 1. The van der Waals surface area contributed by atoms with Crippen LogP contribution in [0.3, 0.4) is 0 Å². The van der Waals surface area contributed by atoms with E-state index in [1.165, 1.54) is 13.2 Å². The molecule has 8 heteroatoms. The van der Waals surface area contributed by atoms with E-state index < -0.39 is 10.0 Å². The predicted molar refractivity (Wildman–Crippen MR) is 121 cm³/mol. The first-order valence-corrected chi connectivity index (χ1v) is 10.9. The number of nitrogens with two attached hydrogens (primary N) is 1. The second-order valence-electron chi connectivity index (χ2n) is 6.94. The van der Waals surface area contributed by atoms with Crippen LogP contribution in [0.1, 0.15) is 5.56 Å². The zero-order valence-corrected chi connectivity index (χ0v) is 17.8. The molecule has 7 nitrogen and oxygen atoms in total. The standard InChI is InChI=1S/C23H21N3O4S/c1-15-7-10-19(26-31(27,28)22-6-4-3-5-20(22)29-2)21(13-15)30-17-8-9-18-16(14-17)11-12-25-23(18)24/h3-14,26H,1-2H3,(H2,24,25). The van der Waals surface area contributed by atoms with E-state index in [-0.39, 0.29) is 10.6 Å². The van der Waals surface area contributed by atoms with Crippen LogP contribution in [0.25, 0.3) is 10.8 Å². The fourth-order valence-electron chi connectivity index (χ4n) is 3.21. The smallest absolute Gasteiger partial charge is 0.265 e. The minimum atomic E-state index is -3.90. The predicted octanol–water partition coefficient (Wildman–Crippen LogP) is 4.73. The minimum Gasteiger partial charge on any atom is -0.495 e. The molecule has 31 heavy (non-hydrogen) atoms. The lowest BCUT2D eigenvalue weighted by Crippen LogP contribution is -2.14. The largest absolute Gasteiger partial charge is 0.495 e. The molecule has 0 atom stereocenters. The van der Waals surface area contributed by atoms with Gasteiger partial charge in [0.1, 0.15) is 22.2 Å². The highest BCUT2D eigenvalue weighted by Gasteiger charge is 2.21. The molecule has 0 saturated carbocycles. The Balaban J connectivity index is 1.70. The van der Waals surface area contributed by atoms with Crippen LogP contribution in [0.2, 0.25) is 0 Å². The number of fused-ring (bicyclic) bond motifs is 1. The number of anilines is 2. The molecule has 0 aliphatic rings. The van der Waals surface area contributed by atoms with E-state index in [0.717, 1.165) is 16.3 Å². The second-order valence-corrected chi connectivity index (χ2v) is 8.59. The molecule has 0 saturated heterocycles. The van der Waals surface area contributed by atoms with Gasteiger partial charge in [-0.05, 0) is 66.4 Å². The molecule has 1 aromatic heterocycles. The molecule has 4 rings (SSSR count). The van der Waals surface area contributed by atoms with Crippen LogP contribution in [0.4, 0.5) is 11.5 Å². The topological polar surface area (TPSA) is 104 Å². The summed E-state index contributed by atoms with van der Waals surface area (Å²) in [4.78, 5) is 4.12. The molecule has 0 fully saturated rings. The molecule has 0 aliphatic carbocycles. The molecule has 1 heterocycles. The SMILES string of the molecule is COc1ccccc1S(=O)(=O)Nc1ccc(C)cc1Oc1ccc2c(N)nccc2c1. The number of rotatable bonds is 6. The normalized spacial score (nSPS) is 11.3. The first-order valence-electron chi connectivity index (χ1n) is 9.46. The average molecular weight is 436 g/mol. The van der Waals surface area contributed by atoms with Crippen molar-refractivity contribution in [2.45, 2.75) is 11.8 Å². The summed E-state index contributed by atoms with van der Waals surface area (Å²) in [6.07, 6.45) is 1.63. The molecule has 0 radical (unpaired) electrons. The zero-order valence-electron chi connectivity index (χ0n) is 17.0. The Hall–Kier alpha value is -3.78. The van der Waals surface area contributed by atoms with Crippen molar-refractivity contribution in [3.8, 4) is 17.2 Å². The van der Waals surface area contributed by atoms with Crippen LogP contribution in [0.15, 0.2) is 77.8 Å². The first kappa shape index (κ1) is 20.5. The fraction of sp³-hybridized carbons (Fsp3) is 0.0870. The van der Waals surface area contributed by atoms with E-state index >= 15 is 0 Å². The lowest BCUT2D eigenvalue weighted by molar-refractivity contribution is 0.403. The lowest BCUT2D eigenvalue weighted by Gasteiger charge is -2.16. The van der Waals surface area contributed by atoms with Gasteiger partial charge < -0.3 is 15.2 Å². The first-order chi connectivity index (χ1) is 14.9. The number of aromatic nitrogens is 1. The van der Waals surface area contributed by atoms with E-state index in [2.05, 4.69) is 9.71 Å². The summed E-state index contributed by atoms with van der Waals surface area (Å²) in [5.74, 6) is 1.61. The number of nitrogen functional groups attached to an aromatic ring is 1. The summed E-state index contributed by atoms with van der Waals surface area (Å²) in [6.45, 7) is 1.90. The second kappa shape index (κ2) is 8.16. The Kier molecular flexibility index (Phi) is 5.39. The van der Waals surface area contributed by atoms with E-state index in [1.807, 2.05) is 25.1 Å². The number of hydrogen-bond acceptors (Lipinski definition) is 6. The maximum Gasteiger partial charge on any atom is 0.265 e. The molecule has 158 valence electrons. The monoisotopic (exact) mass is 435 g/mol. The van der Waals surface area contributed by atoms with Crippen molar-refractivity contribution < 1.29 is 17.9 Å². The van der Waals surface area contributed by atoms with Crippen LogP contribution in [0.5, 0.6) is 17.2 Å². The van der Waals surface area contributed by atoms with Gasteiger partial charge in [-0.25, -0.2) is 13.4 Å². The Labute approximate surface area is 180 Å². The Bertz CT molecular complexity index is 1370. The zero-order chi connectivity index (χ0) is 22.0. The van der Waals surface area contributed by atoms with Crippen molar-refractivity contribution in [1.82, 2.24) is 4.98 Å². The molecule has 0 aliphatic heterocycles. The number of aryl methyl sites for hydroxylation is 1. The van der Waals surface area contributed by atoms with Crippen LogP contribution in [-0.2, 0) is 10.0 Å². The highest BCUT2D eigenvalue weighted by atomic mass is 32.2. The molecule has 0 amide bonds. The summed E-state index contributed by atoms with van der Waals surface area (Å²) in [5, 5.41) is 1.69. The van der Waals surface area contributed by atoms with Crippen LogP contribution < -0.4 is 19.9 Å². The van der Waals surface area contributed by atoms with Crippen LogP contribution in [0, 0.1) is 6.92 Å². The molecule has 4 aromatic rings. The van der Waals surface area contributed by atoms with Crippen molar-refractivity contribution in [1.29, 1.82) is 0 Å². The van der Waals surface area contributed by atoms with Crippen molar-refractivity contribution in [2.75, 3.05) is 17.6 Å². The Morgan fingerprint density at radius 1 is 0.968 bits per heavy atom. The Morgan fingerprint density at radius 3 is 2.58 bits per heavy atom. The number of nitrogens with zero attached hydrogens (tertiary/aromatic N) is 1. The van der Waals surface area contributed by atoms with Crippen molar-refractivity contribution >= 4 is 32.3 Å². The van der Waals surface area contributed by atoms with E-state index in [0.29, 0.717) is 23.0 Å². The molecule has 0 bridgehead atoms. The van der Waals surface area contributed by atoms with Gasteiger partial charge in [0, 0.05) is 11.6 Å². The lowest BCUT2D eigenvalue weighted by atomic mass is 10.1. The summed E-state index contributed by atoms with van der Waals surface area (Å²) in [6, 6.07) is 18.9. The average Bonchev–Trinajstić information content (AvgIpc) is 2.75. The third-order valence-corrected chi connectivity index (χ3v) is 6.14. The van der Waals surface area contributed by atoms with Crippen molar-refractivity contribution in [3.05, 3.63) is 78.5 Å². The summed E-state index contributed by atoms with van der Waals surface area (Å²) < 4.78 is 39.9. The van der Waals surface area contributed by atoms with Crippen molar-refractivity contribution in [3.63, 3.8) is 0 Å². The Morgan fingerprint density at radius 2 is 1.77 bits per heavy atom. The molecule has 3 N–H and O–H groups in total. The number of ether oxygens (including phenoxy) is 2. The number of sulfonamides is 1. The van der Waals surface area contributed by atoms with Gasteiger partial charge >= 0.3 is 0 Å². The van der Waals surface area contributed by atoms with E-state index in [4.69, 9.17) is 15.2 Å². The quantitative estimate of drug-likeness (QED) is 0.454. The number of nitrogens with one attached hydrogen (secondary N) is 1. The van der Waals surface area contributed by atoms with Gasteiger partial charge in [0.05, 0.1) is 12.8 Å². The number of hydrogen-bond donors (Lipinski definition) is 2. The number of methoxy groups -OCH3 is 1. The fourth-order valence-corrected chi connectivity index (χ4v) is 4.45. The van der Waals surface area contributed by atoms with Crippen LogP contribution >= 0.6 is 0 Å². The molecule has 0 unspecified atom stereocenters. The molecule has 0 spiro atoms. The van der Waals surface area contributed by atoms with E-state index in [1.54, 1.807) is 48.7 Å². The summed E-state index contributed by atoms with van der Waals surface area (Å²) in [7, 11) is -2.48. The minimum absolute atomic E-state index is 0.0395. The molecule has 3 aromatic carbocycles. The van der Waals surface area contributed by atoms with Gasteiger partial charge in [-0.3, -0.25) is 4.72 Å². The van der Waals surface area contributed by atoms with E-state index in [9.17, 15) is 8.42 Å². The van der Waals surface area contributed by atoms with Gasteiger partial charge in [0.25, 0.3) is 10.0 Å².